The minimum Gasteiger partial charge on any atom is -0.423 e. The number of carbonyl (C=O) groups excluding carboxylic acids is 2. The first-order valence-corrected chi connectivity index (χ1v) is 10.5. The Morgan fingerprint density at radius 2 is 1.61 bits per heavy atom. The summed E-state index contributed by atoms with van der Waals surface area (Å²) in [7, 11) is -1.61. The van der Waals surface area contributed by atoms with Crippen molar-refractivity contribution in [3.63, 3.8) is 0 Å². The predicted octanol–water partition coefficient (Wildman–Crippen LogP) is 2.94. The van der Waals surface area contributed by atoms with Gasteiger partial charge in [-0.25, -0.2) is 5.01 Å². The molecule has 2 aromatic carbocycles. The third kappa shape index (κ3) is 6.67. The van der Waals surface area contributed by atoms with Crippen molar-refractivity contribution in [1.29, 1.82) is 0 Å². The van der Waals surface area contributed by atoms with Crippen molar-refractivity contribution in [2.45, 2.75) is 54.4 Å². The highest BCUT2D eigenvalue weighted by Gasteiger charge is 2.26. The molecule has 2 rings (SSSR count). The van der Waals surface area contributed by atoms with Crippen LogP contribution >= 0.6 is 0 Å². The first-order valence-electron chi connectivity index (χ1n) is 10.5. The Balaban J connectivity index is 2.41. The lowest BCUT2D eigenvalue weighted by molar-refractivity contribution is 0.0508. The first-order chi connectivity index (χ1) is 14.3. The Labute approximate surface area is 185 Å². The fourth-order valence-corrected chi connectivity index (χ4v) is 3.50. The Hall–Kier alpha value is -2.64. The zero-order valence-electron chi connectivity index (χ0n) is 19.5. The number of benzene rings is 2. The summed E-state index contributed by atoms with van der Waals surface area (Å²) in [5.74, 6) is -0.709. The number of carbonyl (C=O) groups is 2. The third-order valence-corrected chi connectivity index (χ3v) is 4.82. The summed E-state index contributed by atoms with van der Waals surface area (Å²) >= 11 is 0. The van der Waals surface area contributed by atoms with Crippen molar-refractivity contribution in [3.05, 3.63) is 64.2 Å². The van der Waals surface area contributed by atoms with Crippen molar-refractivity contribution in [1.82, 2.24) is 10.4 Å². The van der Waals surface area contributed by atoms with Gasteiger partial charge in [-0.2, -0.15) is 0 Å². The van der Waals surface area contributed by atoms with E-state index >= 15 is 0 Å². The second-order valence-corrected chi connectivity index (χ2v) is 9.64. The van der Waals surface area contributed by atoms with E-state index in [1.54, 1.807) is 12.1 Å². The SMILES string of the molecule is Cc1cc(C)cc(C(=O)N(CC(C)(C)C)NC(=O)c2ccc(B(O)O)cc2C(C)C)c1. The molecular weight excluding hydrogens is 391 g/mol. The number of nitrogens with zero attached hydrogens (tertiary/aromatic N) is 1. The maximum atomic E-state index is 13.3. The van der Waals surface area contributed by atoms with Gasteiger partial charge >= 0.3 is 7.12 Å². The molecule has 0 fully saturated rings. The van der Waals surface area contributed by atoms with E-state index in [2.05, 4.69) is 5.43 Å². The van der Waals surface area contributed by atoms with Crippen LogP contribution in [0.15, 0.2) is 36.4 Å². The molecule has 0 spiro atoms. The largest absolute Gasteiger partial charge is 0.488 e. The van der Waals surface area contributed by atoms with Crippen molar-refractivity contribution >= 4 is 24.4 Å². The Morgan fingerprint density at radius 3 is 2.10 bits per heavy atom. The monoisotopic (exact) mass is 424 g/mol. The number of rotatable bonds is 5. The molecule has 0 saturated heterocycles. The van der Waals surface area contributed by atoms with Crippen molar-refractivity contribution < 1.29 is 19.6 Å². The van der Waals surface area contributed by atoms with Gasteiger partial charge in [0.2, 0.25) is 0 Å². The van der Waals surface area contributed by atoms with Gasteiger partial charge < -0.3 is 10.0 Å². The van der Waals surface area contributed by atoms with E-state index in [1.165, 1.54) is 11.1 Å². The maximum Gasteiger partial charge on any atom is 0.488 e. The first kappa shape index (κ1) is 24.6. The lowest BCUT2D eigenvalue weighted by atomic mass is 9.77. The van der Waals surface area contributed by atoms with Crippen molar-refractivity contribution in [2.24, 2.45) is 5.41 Å². The molecule has 31 heavy (non-hydrogen) atoms. The van der Waals surface area contributed by atoms with Crippen LogP contribution in [0, 0.1) is 19.3 Å². The van der Waals surface area contributed by atoms with Gasteiger partial charge in [-0.15, -0.1) is 0 Å². The standard InChI is InChI=1S/C24H33BN2O4/c1-15(2)21-13-19(25(30)31)8-9-20(21)22(28)26-27(14-24(5,6)7)23(29)18-11-16(3)10-17(4)12-18/h8-13,15,30-31H,14H2,1-7H3,(H,26,28). The zero-order chi connectivity index (χ0) is 23.5. The smallest absolute Gasteiger partial charge is 0.423 e. The molecule has 3 N–H and O–H groups in total. The van der Waals surface area contributed by atoms with Crippen molar-refractivity contribution in [2.75, 3.05) is 6.54 Å². The van der Waals surface area contributed by atoms with E-state index in [1.807, 2.05) is 66.7 Å². The van der Waals surface area contributed by atoms with E-state index in [9.17, 15) is 19.6 Å². The molecule has 166 valence electrons. The Bertz CT molecular complexity index is 944. The van der Waals surface area contributed by atoms with Crippen LogP contribution in [-0.4, -0.2) is 40.5 Å². The second-order valence-electron chi connectivity index (χ2n) is 9.64. The number of hydrogen-bond donors (Lipinski definition) is 3. The topological polar surface area (TPSA) is 89.9 Å². The molecule has 2 amide bonds. The molecule has 0 aromatic heterocycles. The van der Waals surface area contributed by atoms with Crippen LogP contribution in [0.2, 0.25) is 0 Å². The molecule has 0 aliphatic rings. The average molecular weight is 424 g/mol. The summed E-state index contributed by atoms with van der Waals surface area (Å²) in [5.41, 5.74) is 6.41. The molecule has 0 unspecified atom stereocenters. The molecule has 0 heterocycles. The van der Waals surface area contributed by atoms with Crippen LogP contribution in [0.3, 0.4) is 0 Å². The van der Waals surface area contributed by atoms with Gasteiger partial charge in [0.05, 0.1) is 0 Å². The highest BCUT2D eigenvalue weighted by atomic mass is 16.4. The van der Waals surface area contributed by atoms with Gasteiger partial charge in [-0.3, -0.25) is 15.0 Å². The molecule has 0 radical (unpaired) electrons. The van der Waals surface area contributed by atoms with Gasteiger partial charge in [0, 0.05) is 17.7 Å². The van der Waals surface area contributed by atoms with Crippen LogP contribution in [0.1, 0.15) is 77.9 Å². The van der Waals surface area contributed by atoms with E-state index in [0.29, 0.717) is 28.7 Å². The molecule has 2 aromatic rings. The van der Waals surface area contributed by atoms with E-state index in [4.69, 9.17) is 0 Å². The summed E-state index contributed by atoms with van der Waals surface area (Å²) in [6, 6.07) is 10.3. The van der Waals surface area contributed by atoms with E-state index in [0.717, 1.165) is 11.1 Å². The van der Waals surface area contributed by atoms with E-state index < -0.39 is 13.0 Å². The summed E-state index contributed by atoms with van der Waals surface area (Å²) in [6.45, 7) is 14.0. The summed E-state index contributed by atoms with van der Waals surface area (Å²) < 4.78 is 0. The van der Waals surface area contributed by atoms with Crippen LogP contribution < -0.4 is 10.9 Å². The summed E-state index contributed by atoms with van der Waals surface area (Å²) in [6.07, 6.45) is 0. The minimum atomic E-state index is -1.61. The van der Waals surface area contributed by atoms with Crippen LogP contribution in [0.4, 0.5) is 0 Å². The lowest BCUT2D eigenvalue weighted by Gasteiger charge is -2.31. The highest BCUT2D eigenvalue weighted by Crippen LogP contribution is 2.21. The summed E-state index contributed by atoms with van der Waals surface area (Å²) in [4.78, 5) is 26.5. The van der Waals surface area contributed by atoms with Crippen LogP contribution in [0.25, 0.3) is 0 Å². The number of nitrogens with one attached hydrogen (secondary N) is 1. The molecule has 7 heteroatoms. The Morgan fingerprint density at radius 1 is 1.03 bits per heavy atom. The van der Waals surface area contributed by atoms with Crippen LogP contribution in [-0.2, 0) is 0 Å². The maximum absolute atomic E-state index is 13.3. The second kappa shape index (κ2) is 9.66. The summed E-state index contributed by atoms with van der Waals surface area (Å²) in [5, 5.41) is 20.3. The fraction of sp³-hybridized carbons (Fsp3) is 0.417. The number of aryl methyl sites for hydroxylation is 2. The molecule has 0 atom stereocenters. The highest BCUT2D eigenvalue weighted by molar-refractivity contribution is 6.58. The molecule has 6 nitrogen and oxygen atoms in total. The number of hydrogen-bond acceptors (Lipinski definition) is 4. The zero-order valence-corrected chi connectivity index (χ0v) is 19.5. The normalized spacial score (nSPS) is 11.4. The van der Waals surface area contributed by atoms with E-state index in [-0.39, 0.29) is 17.2 Å². The third-order valence-electron chi connectivity index (χ3n) is 4.82. The number of amides is 2. The Kier molecular flexibility index (Phi) is 7.68. The van der Waals surface area contributed by atoms with Gasteiger partial charge in [-0.05, 0) is 54.4 Å². The van der Waals surface area contributed by atoms with Gasteiger partial charge in [0.15, 0.2) is 0 Å². The molecule has 0 aliphatic carbocycles. The minimum absolute atomic E-state index is 0.0226. The molecule has 0 aliphatic heterocycles. The van der Waals surface area contributed by atoms with Crippen molar-refractivity contribution in [3.8, 4) is 0 Å². The van der Waals surface area contributed by atoms with Gasteiger partial charge in [0.25, 0.3) is 11.8 Å². The van der Waals surface area contributed by atoms with Gasteiger partial charge in [-0.1, -0.05) is 63.9 Å². The van der Waals surface area contributed by atoms with Crippen LogP contribution in [0.5, 0.6) is 0 Å². The molecule has 0 bridgehead atoms. The van der Waals surface area contributed by atoms with Gasteiger partial charge in [0.1, 0.15) is 0 Å². The molecular formula is C24H33BN2O4. The number of hydrazine groups is 1. The average Bonchev–Trinajstić information content (AvgIpc) is 2.64. The quantitative estimate of drug-likeness (QED) is 0.509. The fourth-order valence-electron chi connectivity index (χ4n) is 3.50. The predicted molar refractivity (Wildman–Crippen MR) is 124 cm³/mol. The lowest BCUT2D eigenvalue weighted by Crippen LogP contribution is -2.50. The molecule has 0 saturated carbocycles.